The first-order valence-corrected chi connectivity index (χ1v) is 7.63. The molecule has 0 aliphatic carbocycles. The van der Waals surface area contributed by atoms with Crippen molar-refractivity contribution in [3.8, 4) is 0 Å². The summed E-state index contributed by atoms with van der Waals surface area (Å²) in [5.41, 5.74) is 5.53. The third-order valence-corrected chi connectivity index (χ3v) is 5.18. The van der Waals surface area contributed by atoms with Gasteiger partial charge in [0, 0.05) is 18.7 Å². The Kier molecular flexibility index (Phi) is 4.71. The standard InChI is InChI=1S/C12H17FN2O4S/c13-12-2-1-11(5-9(12)6-14)20(17,18)15-3-4-19-8-10(15)7-16/h1-2,5,10,16H,3-4,6-8,14H2. The molecule has 1 heterocycles. The van der Waals surface area contributed by atoms with E-state index in [1.54, 1.807) is 0 Å². The van der Waals surface area contributed by atoms with Gasteiger partial charge in [-0.1, -0.05) is 0 Å². The fourth-order valence-corrected chi connectivity index (χ4v) is 3.74. The predicted octanol–water partition coefficient (Wildman–Crippen LogP) is -0.334. The molecule has 1 aliphatic rings. The van der Waals surface area contributed by atoms with Crippen molar-refractivity contribution < 1.29 is 22.7 Å². The van der Waals surface area contributed by atoms with Gasteiger partial charge in [0.15, 0.2) is 0 Å². The van der Waals surface area contributed by atoms with E-state index in [9.17, 15) is 17.9 Å². The Morgan fingerprint density at radius 3 is 2.90 bits per heavy atom. The number of nitrogens with zero attached hydrogens (tertiary/aromatic N) is 1. The Morgan fingerprint density at radius 2 is 2.25 bits per heavy atom. The lowest BCUT2D eigenvalue weighted by molar-refractivity contribution is 0.0109. The lowest BCUT2D eigenvalue weighted by atomic mass is 10.2. The van der Waals surface area contributed by atoms with Gasteiger partial charge in [-0.05, 0) is 18.2 Å². The SMILES string of the molecule is NCc1cc(S(=O)(=O)N2CCOCC2CO)ccc1F. The molecule has 20 heavy (non-hydrogen) atoms. The topological polar surface area (TPSA) is 92.9 Å². The van der Waals surface area contributed by atoms with E-state index in [1.807, 2.05) is 0 Å². The van der Waals surface area contributed by atoms with E-state index in [0.717, 1.165) is 6.07 Å². The molecule has 1 unspecified atom stereocenters. The normalized spacial score (nSPS) is 21.1. The third kappa shape index (κ3) is 2.84. The first kappa shape index (κ1) is 15.3. The number of benzene rings is 1. The van der Waals surface area contributed by atoms with Gasteiger partial charge in [0.2, 0.25) is 10.0 Å². The number of sulfonamides is 1. The second-order valence-corrected chi connectivity index (χ2v) is 6.37. The molecular weight excluding hydrogens is 287 g/mol. The van der Waals surface area contributed by atoms with Crippen molar-refractivity contribution in [2.75, 3.05) is 26.4 Å². The number of hydrogen-bond donors (Lipinski definition) is 2. The Hall–Kier alpha value is -1.06. The minimum Gasteiger partial charge on any atom is -0.395 e. The zero-order chi connectivity index (χ0) is 14.8. The summed E-state index contributed by atoms with van der Waals surface area (Å²) in [6.07, 6.45) is 0. The van der Waals surface area contributed by atoms with E-state index >= 15 is 0 Å². The number of halogens is 1. The molecule has 1 aliphatic heterocycles. The monoisotopic (exact) mass is 304 g/mol. The minimum atomic E-state index is -3.80. The summed E-state index contributed by atoms with van der Waals surface area (Å²) in [4.78, 5) is -0.0281. The summed E-state index contributed by atoms with van der Waals surface area (Å²) >= 11 is 0. The highest BCUT2D eigenvalue weighted by Crippen LogP contribution is 2.22. The molecule has 1 fully saturated rings. The van der Waals surface area contributed by atoms with Crippen LogP contribution in [0.5, 0.6) is 0 Å². The van der Waals surface area contributed by atoms with Gasteiger partial charge < -0.3 is 15.6 Å². The van der Waals surface area contributed by atoms with E-state index in [-0.39, 0.29) is 43.4 Å². The van der Waals surface area contributed by atoms with Crippen LogP contribution >= 0.6 is 0 Å². The molecule has 0 amide bonds. The molecule has 0 aromatic heterocycles. The van der Waals surface area contributed by atoms with Crippen LogP contribution in [0.4, 0.5) is 4.39 Å². The second-order valence-electron chi connectivity index (χ2n) is 4.48. The first-order chi connectivity index (χ1) is 9.50. The number of rotatable bonds is 4. The fraction of sp³-hybridized carbons (Fsp3) is 0.500. The number of nitrogens with two attached hydrogens (primary N) is 1. The highest BCUT2D eigenvalue weighted by atomic mass is 32.2. The van der Waals surface area contributed by atoms with Crippen molar-refractivity contribution in [2.45, 2.75) is 17.5 Å². The molecule has 6 nitrogen and oxygen atoms in total. The number of ether oxygens (including phenoxy) is 1. The summed E-state index contributed by atoms with van der Waals surface area (Å²) in [7, 11) is -3.80. The van der Waals surface area contributed by atoms with Gasteiger partial charge in [0.25, 0.3) is 0 Å². The van der Waals surface area contributed by atoms with Gasteiger partial charge in [-0.2, -0.15) is 4.31 Å². The van der Waals surface area contributed by atoms with E-state index in [0.29, 0.717) is 0 Å². The summed E-state index contributed by atoms with van der Waals surface area (Å²) in [6.45, 7) is 0.149. The fourth-order valence-electron chi connectivity index (χ4n) is 2.10. The zero-order valence-corrected chi connectivity index (χ0v) is 11.6. The lowest BCUT2D eigenvalue weighted by Gasteiger charge is -2.33. The number of hydrogen-bond acceptors (Lipinski definition) is 5. The Bertz CT molecular complexity index is 579. The van der Waals surface area contributed by atoms with Crippen LogP contribution in [-0.4, -0.2) is 50.2 Å². The molecule has 1 aromatic rings. The molecule has 1 aromatic carbocycles. The zero-order valence-electron chi connectivity index (χ0n) is 10.8. The Labute approximate surface area is 117 Å². The molecule has 1 saturated heterocycles. The van der Waals surface area contributed by atoms with E-state index in [1.165, 1.54) is 16.4 Å². The van der Waals surface area contributed by atoms with Crippen LogP contribution in [0.1, 0.15) is 5.56 Å². The molecular formula is C12H17FN2O4S. The largest absolute Gasteiger partial charge is 0.395 e. The maximum Gasteiger partial charge on any atom is 0.243 e. The van der Waals surface area contributed by atoms with Gasteiger partial charge in [-0.25, -0.2) is 12.8 Å². The van der Waals surface area contributed by atoms with Gasteiger partial charge in [0.1, 0.15) is 5.82 Å². The van der Waals surface area contributed by atoms with Crippen LogP contribution in [0.15, 0.2) is 23.1 Å². The van der Waals surface area contributed by atoms with Gasteiger partial charge in [-0.15, -0.1) is 0 Å². The summed E-state index contributed by atoms with van der Waals surface area (Å²) in [6, 6.07) is 2.89. The second kappa shape index (κ2) is 6.15. The predicted molar refractivity (Wildman–Crippen MR) is 69.9 cm³/mol. The lowest BCUT2D eigenvalue weighted by Crippen LogP contribution is -2.50. The molecule has 0 saturated carbocycles. The molecule has 0 radical (unpaired) electrons. The highest BCUT2D eigenvalue weighted by Gasteiger charge is 2.33. The maximum atomic E-state index is 13.4. The van der Waals surface area contributed by atoms with Crippen molar-refractivity contribution in [2.24, 2.45) is 5.73 Å². The molecule has 0 bridgehead atoms. The van der Waals surface area contributed by atoms with Gasteiger partial charge in [-0.3, -0.25) is 0 Å². The van der Waals surface area contributed by atoms with Crippen LogP contribution < -0.4 is 5.73 Å². The molecule has 112 valence electrons. The van der Waals surface area contributed by atoms with Crippen LogP contribution in [0, 0.1) is 5.82 Å². The highest BCUT2D eigenvalue weighted by molar-refractivity contribution is 7.89. The summed E-state index contributed by atoms with van der Waals surface area (Å²) < 4.78 is 44.8. The molecule has 1 atom stereocenters. The Morgan fingerprint density at radius 1 is 1.50 bits per heavy atom. The van der Waals surface area contributed by atoms with E-state index in [4.69, 9.17) is 10.5 Å². The third-order valence-electron chi connectivity index (χ3n) is 3.23. The maximum absolute atomic E-state index is 13.4. The van der Waals surface area contributed by atoms with Crippen LogP contribution in [0.25, 0.3) is 0 Å². The molecule has 3 N–H and O–H groups in total. The van der Waals surface area contributed by atoms with Crippen LogP contribution in [0.3, 0.4) is 0 Å². The van der Waals surface area contributed by atoms with Gasteiger partial charge in [0.05, 0.1) is 30.8 Å². The van der Waals surface area contributed by atoms with Crippen molar-refractivity contribution >= 4 is 10.0 Å². The van der Waals surface area contributed by atoms with Crippen molar-refractivity contribution in [1.82, 2.24) is 4.31 Å². The summed E-state index contributed by atoms with van der Waals surface area (Å²) in [5, 5.41) is 9.25. The van der Waals surface area contributed by atoms with Crippen molar-refractivity contribution in [3.05, 3.63) is 29.6 Å². The smallest absolute Gasteiger partial charge is 0.243 e. The van der Waals surface area contributed by atoms with Gasteiger partial charge >= 0.3 is 0 Å². The van der Waals surface area contributed by atoms with E-state index in [2.05, 4.69) is 0 Å². The average Bonchev–Trinajstić information content (AvgIpc) is 2.47. The van der Waals surface area contributed by atoms with Crippen molar-refractivity contribution in [3.63, 3.8) is 0 Å². The molecule has 0 spiro atoms. The number of aliphatic hydroxyl groups is 1. The quantitative estimate of drug-likeness (QED) is 0.794. The number of morpholine rings is 1. The summed E-state index contributed by atoms with van der Waals surface area (Å²) in [5.74, 6) is -0.535. The van der Waals surface area contributed by atoms with Crippen molar-refractivity contribution in [1.29, 1.82) is 0 Å². The average molecular weight is 304 g/mol. The number of aliphatic hydroxyl groups excluding tert-OH is 1. The Balaban J connectivity index is 2.38. The van der Waals surface area contributed by atoms with Crippen LogP contribution in [0.2, 0.25) is 0 Å². The van der Waals surface area contributed by atoms with E-state index < -0.39 is 21.9 Å². The molecule has 2 rings (SSSR count). The minimum absolute atomic E-state index is 0.0281. The van der Waals surface area contributed by atoms with Crippen LogP contribution in [-0.2, 0) is 21.3 Å². The molecule has 8 heteroatoms. The first-order valence-electron chi connectivity index (χ1n) is 6.19.